The summed E-state index contributed by atoms with van der Waals surface area (Å²) in [6.07, 6.45) is 0.0723. The number of fused-ring (bicyclic) bond motifs is 1. The molecule has 2 aromatic rings. The van der Waals surface area contributed by atoms with Gasteiger partial charge in [-0.25, -0.2) is 13.2 Å². The molecule has 11 heteroatoms. The number of rotatable bonds is 3. The molecule has 0 unspecified atom stereocenters. The molecule has 0 saturated heterocycles. The molecule has 3 heterocycles. The summed E-state index contributed by atoms with van der Waals surface area (Å²) >= 11 is 0. The zero-order valence-corrected chi connectivity index (χ0v) is 16.7. The zero-order chi connectivity index (χ0) is 20.0. The molecule has 0 aromatic carbocycles. The number of H-pyrrole nitrogens is 1. The minimum atomic E-state index is -3.92. The molecule has 27 heavy (non-hydrogen) atoms. The monoisotopic (exact) mass is 397 g/mol. The SMILES string of the molecule is Cc1noc(C)c1S(=O)(=O)Nc1n[nH]c2c1CN(C(=O)OC(C)(C)C)CC2. The molecule has 0 aliphatic carbocycles. The predicted octanol–water partition coefficient (Wildman–Crippen LogP) is 2.11. The van der Waals surface area contributed by atoms with Crippen LogP contribution in [0.2, 0.25) is 0 Å². The highest BCUT2D eigenvalue weighted by molar-refractivity contribution is 7.92. The number of hydrogen-bond donors (Lipinski definition) is 2. The van der Waals surface area contributed by atoms with Crippen molar-refractivity contribution in [3.63, 3.8) is 0 Å². The molecule has 0 saturated carbocycles. The molecule has 148 valence electrons. The lowest BCUT2D eigenvalue weighted by molar-refractivity contribution is 0.0224. The maximum absolute atomic E-state index is 12.7. The fourth-order valence-electron chi connectivity index (χ4n) is 2.90. The van der Waals surface area contributed by atoms with Crippen LogP contribution in [-0.2, 0) is 27.7 Å². The lowest BCUT2D eigenvalue weighted by Crippen LogP contribution is -2.40. The molecule has 2 aromatic heterocycles. The van der Waals surface area contributed by atoms with Gasteiger partial charge < -0.3 is 14.2 Å². The second kappa shape index (κ2) is 6.55. The quantitative estimate of drug-likeness (QED) is 0.811. The predicted molar refractivity (Wildman–Crippen MR) is 95.7 cm³/mol. The van der Waals surface area contributed by atoms with E-state index in [1.807, 2.05) is 0 Å². The summed E-state index contributed by atoms with van der Waals surface area (Å²) in [4.78, 5) is 13.8. The van der Waals surface area contributed by atoms with Gasteiger partial charge in [0.25, 0.3) is 10.0 Å². The van der Waals surface area contributed by atoms with Crippen LogP contribution in [0.15, 0.2) is 9.42 Å². The van der Waals surface area contributed by atoms with Crippen molar-refractivity contribution in [1.82, 2.24) is 20.3 Å². The van der Waals surface area contributed by atoms with E-state index < -0.39 is 21.7 Å². The number of ether oxygens (including phenoxy) is 1. The normalized spacial score (nSPS) is 14.8. The van der Waals surface area contributed by atoms with Crippen molar-refractivity contribution in [2.45, 2.75) is 58.1 Å². The number of nitrogens with one attached hydrogen (secondary N) is 2. The smallest absolute Gasteiger partial charge is 0.410 e. The number of carbonyl (C=O) groups is 1. The van der Waals surface area contributed by atoms with Gasteiger partial charge in [-0.1, -0.05) is 5.16 Å². The average Bonchev–Trinajstić information content (AvgIpc) is 3.08. The van der Waals surface area contributed by atoms with Gasteiger partial charge in [0.05, 0.1) is 6.54 Å². The van der Waals surface area contributed by atoms with Crippen molar-refractivity contribution in [1.29, 1.82) is 0 Å². The third-order valence-corrected chi connectivity index (χ3v) is 5.64. The molecule has 0 fully saturated rings. The van der Waals surface area contributed by atoms with Gasteiger partial charge >= 0.3 is 6.09 Å². The van der Waals surface area contributed by atoms with Crippen molar-refractivity contribution in [3.8, 4) is 0 Å². The maximum Gasteiger partial charge on any atom is 0.410 e. The van der Waals surface area contributed by atoms with Gasteiger partial charge in [0.1, 0.15) is 11.3 Å². The van der Waals surface area contributed by atoms with Gasteiger partial charge in [0.2, 0.25) is 0 Å². The summed E-state index contributed by atoms with van der Waals surface area (Å²) in [5.74, 6) is 0.345. The first-order chi connectivity index (χ1) is 12.5. The number of aromatic nitrogens is 3. The molecule has 1 aliphatic heterocycles. The van der Waals surface area contributed by atoms with E-state index >= 15 is 0 Å². The van der Waals surface area contributed by atoms with Gasteiger partial charge in [-0.15, -0.1) is 0 Å². The topological polar surface area (TPSA) is 130 Å². The summed E-state index contributed by atoms with van der Waals surface area (Å²) in [6, 6.07) is 0. The van der Waals surface area contributed by atoms with Crippen LogP contribution in [0.3, 0.4) is 0 Å². The van der Waals surface area contributed by atoms with Gasteiger partial charge in [-0.3, -0.25) is 9.82 Å². The molecule has 0 spiro atoms. The van der Waals surface area contributed by atoms with Crippen molar-refractivity contribution in [2.75, 3.05) is 11.3 Å². The number of anilines is 1. The molecular formula is C16H23N5O5S. The molecule has 0 bridgehead atoms. The summed E-state index contributed by atoms with van der Waals surface area (Å²) in [5.41, 5.74) is 1.05. The van der Waals surface area contributed by atoms with Crippen LogP contribution in [0.4, 0.5) is 10.6 Å². The Morgan fingerprint density at radius 2 is 2.04 bits per heavy atom. The number of nitrogens with zero attached hydrogens (tertiary/aromatic N) is 3. The second-order valence-electron chi connectivity index (χ2n) is 7.44. The standard InChI is InChI=1S/C16H23N5O5S/c1-9-13(10(2)26-19-9)27(23,24)20-14-11-8-21(7-6-12(11)17-18-14)15(22)25-16(3,4)5/h6-8H2,1-5H3,(H2,17,18,20). The van der Waals surface area contributed by atoms with Crippen molar-refractivity contribution >= 4 is 21.9 Å². The number of hydrogen-bond acceptors (Lipinski definition) is 7. The third-order valence-electron chi connectivity index (χ3n) is 4.05. The maximum atomic E-state index is 12.7. The lowest BCUT2D eigenvalue weighted by Gasteiger charge is -2.30. The van der Waals surface area contributed by atoms with Crippen LogP contribution >= 0.6 is 0 Å². The fraction of sp³-hybridized carbons (Fsp3) is 0.562. The Hall–Kier alpha value is -2.56. The summed E-state index contributed by atoms with van der Waals surface area (Å²) in [7, 11) is -3.92. The highest BCUT2D eigenvalue weighted by Crippen LogP contribution is 2.28. The van der Waals surface area contributed by atoms with Gasteiger partial charge in [0, 0.05) is 24.2 Å². The van der Waals surface area contributed by atoms with E-state index in [1.54, 1.807) is 27.7 Å². The molecule has 1 aliphatic rings. The van der Waals surface area contributed by atoms with Crippen LogP contribution in [-0.4, -0.2) is 46.9 Å². The first-order valence-corrected chi connectivity index (χ1v) is 9.96. The molecule has 1 amide bonds. The number of aryl methyl sites for hydroxylation is 2. The van der Waals surface area contributed by atoms with E-state index in [4.69, 9.17) is 9.26 Å². The number of carbonyl (C=O) groups excluding carboxylic acids is 1. The first kappa shape index (κ1) is 19.2. The number of sulfonamides is 1. The second-order valence-corrected chi connectivity index (χ2v) is 9.06. The van der Waals surface area contributed by atoms with E-state index in [0.717, 1.165) is 5.69 Å². The highest BCUT2D eigenvalue weighted by atomic mass is 32.2. The van der Waals surface area contributed by atoms with Crippen molar-refractivity contribution in [3.05, 3.63) is 22.7 Å². The van der Waals surface area contributed by atoms with Crippen LogP contribution in [0, 0.1) is 13.8 Å². The van der Waals surface area contributed by atoms with E-state index in [2.05, 4.69) is 20.1 Å². The van der Waals surface area contributed by atoms with Crippen molar-refractivity contribution < 1.29 is 22.5 Å². The van der Waals surface area contributed by atoms with Crippen LogP contribution in [0.5, 0.6) is 0 Å². The van der Waals surface area contributed by atoms with E-state index in [-0.39, 0.29) is 28.7 Å². The highest BCUT2D eigenvalue weighted by Gasteiger charge is 2.31. The summed E-state index contributed by atoms with van der Waals surface area (Å²) in [5, 5.41) is 10.6. The Kier molecular flexibility index (Phi) is 4.66. The minimum Gasteiger partial charge on any atom is -0.444 e. The molecule has 0 atom stereocenters. The zero-order valence-electron chi connectivity index (χ0n) is 15.9. The van der Waals surface area contributed by atoms with Crippen LogP contribution in [0.1, 0.15) is 43.5 Å². The Labute approximate surface area is 157 Å². The number of amides is 1. The van der Waals surface area contributed by atoms with Gasteiger partial charge in [0.15, 0.2) is 16.5 Å². The molecular weight excluding hydrogens is 374 g/mol. The minimum absolute atomic E-state index is 0.0148. The largest absolute Gasteiger partial charge is 0.444 e. The third kappa shape index (κ3) is 3.92. The van der Waals surface area contributed by atoms with E-state index in [1.165, 1.54) is 11.8 Å². The Morgan fingerprint density at radius 3 is 2.63 bits per heavy atom. The molecule has 2 N–H and O–H groups in total. The fourth-order valence-corrected chi connectivity index (χ4v) is 4.27. The lowest BCUT2D eigenvalue weighted by atomic mass is 10.1. The Balaban J connectivity index is 1.84. The Morgan fingerprint density at radius 1 is 1.33 bits per heavy atom. The average molecular weight is 397 g/mol. The summed E-state index contributed by atoms with van der Waals surface area (Å²) < 4.78 is 38.2. The van der Waals surface area contributed by atoms with Gasteiger partial charge in [-0.05, 0) is 34.6 Å². The van der Waals surface area contributed by atoms with Gasteiger partial charge in [-0.2, -0.15) is 5.10 Å². The summed E-state index contributed by atoms with van der Waals surface area (Å²) in [6.45, 7) is 9.11. The number of aromatic amines is 1. The van der Waals surface area contributed by atoms with Crippen LogP contribution < -0.4 is 4.72 Å². The van der Waals surface area contributed by atoms with E-state index in [9.17, 15) is 13.2 Å². The molecule has 0 radical (unpaired) electrons. The Bertz CT molecular complexity index is 950. The van der Waals surface area contributed by atoms with Crippen LogP contribution in [0.25, 0.3) is 0 Å². The van der Waals surface area contributed by atoms with E-state index in [0.29, 0.717) is 18.5 Å². The molecule has 10 nitrogen and oxygen atoms in total. The van der Waals surface area contributed by atoms with Crippen molar-refractivity contribution in [2.24, 2.45) is 0 Å². The molecule has 3 rings (SSSR count). The first-order valence-electron chi connectivity index (χ1n) is 8.47.